The fourth-order valence-corrected chi connectivity index (χ4v) is 2.30. The summed E-state index contributed by atoms with van der Waals surface area (Å²) in [6.07, 6.45) is 1.30. The zero-order chi connectivity index (χ0) is 18.4. The average molecular weight is 340 g/mol. The third kappa shape index (κ3) is 4.67. The Morgan fingerprint density at radius 1 is 1.12 bits per heavy atom. The van der Waals surface area contributed by atoms with Crippen molar-refractivity contribution in [1.29, 1.82) is 0 Å². The van der Waals surface area contributed by atoms with Crippen LogP contribution >= 0.6 is 0 Å². The molecule has 0 heterocycles. The van der Waals surface area contributed by atoms with Gasteiger partial charge in [-0.05, 0) is 43.5 Å². The highest BCUT2D eigenvalue weighted by molar-refractivity contribution is 5.98. The highest BCUT2D eigenvalue weighted by Gasteiger charge is 2.09. The number of benzene rings is 2. The first-order chi connectivity index (χ1) is 11.9. The molecule has 130 valence electrons. The summed E-state index contributed by atoms with van der Waals surface area (Å²) >= 11 is 0. The first kappa shape index (κ1) is 18.2. The van der Waals surface area contributed by atoms with Gasteiger partial charge in [-0.15, -0.1) is 0 Å². The van der Waals surface area contributed by atoms with Crippen LogP contribution < -0.4 is 10.2 Å². The maximum atomic E-state index is 11.9. The molecule has 1 amide bonds. The van der Waals surface area contributed by atoms with Crippen LogP contribution in [0.4, 0.5) is 0 Å². The fourth-order valence-electron chi connectivity index (χ4n) is 2.30. The summed E-state index contributed by atoms with van der Waals surface area (Å²) in [7, 11) is 0. The number of aromatic carboxylic acids is 1. The highest BCUT2D eigenvalue weighted by Crippen LogP contribution is 2.25. The van der Waals surface area contributed by atoms with Crippen LogP contribution in [0.2, 0.25) is 0 Å². The summed E-state index contributed by atoms with van der Waals surface area (Å²) in [6.45, 7) is 5.66. The molecule has 2 rings (SSSR count). The van der Waals surface area contributed by atoms with E-state index in [2.05, 4.69) is 10.5 Å². The lowest BCUT2D eigenvalue weighted by molar-refractivity contribution is -0.123. The SMILES string of the molecule is Cc1ccc(C)c(OCC(=O)N/N=C/c2ccccc2C(=O)O)c1C. The van der Waals surface area contributed by atoms with Crippen LogP contribution in [0.25, 0.3) is 0 Å². The number of carboxylic acid groups (broad SMARTS) is 1. The molecule has 2 aromatic carbocycles. The lowest BCUT2D eigenvalue weighted by atomic mass is 10.1. The second-order valence-electron chi connectivity index (χ2n) is 5.63. The third-order valence-corrected chi connectivity index (χ3v) is 3.81. The van der Waals surface area contributed by atoms with E-state index in [4.69, 9.17) is 9.84 Å². The van der Waals surface area contributed by atoms with Gasteiger partial charge in [0.25, 0.3) is 5.91 Å². The summed E-state index contributed by atoms with van der Waals surface area (Å²) < 4.78 is 5.59. The molecule has 6 heteroatoms. The molecule has 25 heavy (non-hydrogen) atoms. The number of hydrogen-bond donors (Lipinski definition) is 2. The first-order valence-corrected chi connectivity index (χ1v) is 7.74. The zero-order valence-electron chi connectivity index (χ0n) is 14.4. The fraction of sp³-hybridized carbons (Fsp3) is 0.211. The zero-order valence-corrected chi connectivity index (χ0v) is 14.4. The Bertz CT molecular complexity index is 828. The van der Waals surface area contributed by atoms with E-state index in [1.807, 2.05) is 32.9 Å². The third-order valence-electron chi connectivity index (χ3n) is 3.81. The summed E-state index contributed by atoms with van der Waals surface area (Å²) in [5.74, 6) is -0.790. The van der Waals surface area contributed by atoms with Gasteiger partial charge in [-0.1, -0.05) is 30.3 Å². The summed E-state index contributed by atoms with van der Waals surface area (Å²) in [5, 5.41) is 12.9. The van der Waals surface area contributed by atoms with Gasteiger partial charge in [0, 0.05) is 5.56 Å². The number of rotatable bonds is 6. The minimum absolute atomic E-state index is 0.114. The minimum atomic E-state index is -1.05. The summed E-state index contributed by atoms with van der Waals surface area (Å²) in [6, 6.07) is 10.3. The second kappa shape index (κ2) is 8.10. The van der Waals surface area contributed by atoms with Gasteiger partial charge in [0.15, 0.2) is 6.61 Å². The van der Waals surface area contributed by atoms with E-state index in [1.54, 1.807) is 18.2 Å². The molecule has 0 bridgehead atoms. The highest BCUT2D eigenvalue weighted by atomic mass is 16.5. The number of ether oxygens (including phenoxy) is 1. The van der Waals surface area contributed by atoms with Gasteiger partial charge >= 0.3 is 5.97 Å². The molecule has 0 aromatic heterocycles. The molecule has 0 unspecified atom stereocenters. The number of nitrogens with zero attached hydrogens (tertiary/aromatic N) is 1. The molecular weight excluding hydrogens is 320 g/mol. The van der Waals surface area contributed by atoms with Gasteiger partial charge in [-0.25, -0.2) is 10.2 Å². The van der Waals surface area contributed by atoms with Crippen LogP contribution in [0.15, 0.2) is 41.5 Å². The van der Waals surface area contributed by atoms with E-state index < -0.39 is 11.9 Å². The van der Waals surface area contributed by atoms with Crippen molar-refractivity contribution in [3.8, 4) is 5.75 Å². The molecule has 2 aromatic rings. The van der Waals surface area contributed by atoms with Crippen molar-refractivity contribution in [3.63, 3.8) is 0 Å². The molecule has 0 fully saturated rings. The number of carbonyl (C=O) groups is 2. The van der Waals surface area contributed by atoms with E-state index in [-0.39, 0.29) is 12.2 Å². The van der Waals surface area contributed by atoms with Crippen LogP contribution in [0.1, 0.15) is 32.6 Å². The Hall–Kier alpha value is -3.15. The van der Waals surface area contributed by atoms with E-state index in [0.717, 1.165) is 16.7 Å². The molecule has 0 spiro atoms. The van der Waals surface area contributed by atoms with Crippen LogP contribution in [0.3, 0.4) is 0 Å². The van der Waals surface area contributed by atoms with Gasteiger partial charge < -0.3 is 9.84 Å². The van der Waals surface area contributed by atoms with Crippen LogP contribution in [0, 0.1) is 20.8 Å². The molecule has 0 aliphatic heterocycles. The number of carbonyl (C=O) groups excluding carboxylic acids is 1. The van der Waals surface area contributed by atoms with Gasteiger partial charge in [-0.3, -0.25) is 4.79 Å². The molecule has 0 aliphatic carbocycles. The Morgan fingerprint density at radius 2 is 1.80 bits per heavy atom. The van der Waals surface area contributed by atoms with Crippen molar-refractivity contribution in [3.05, 3.63) is 64.2 Å². The van der Waals surface area contributed by atoms with E-state index in [0.29, 0.717) is 11.3 Å². The number of nitrogens with one attached hydrogen (secondary N) is 1. The van der Waals surface area contributed by atoms with E-state index in [1.165, 1.54) is 12.3 Å². The van der Waals surface area contributed by atoms with Crippen LogP contribution in [-0.4, -0.2) is 29.8 Å². The number of aryl methyl sites for hydroxylation is 2. The molecule has 0 saturated carbocycles. The molecule has 2 N–H and O–H groups in total. The normalized spacial score (nSPS) is 10.7. The Balaban J connectivity index is 1.96. The second-order valence-corrected chi connectivity index (χ2v) is 5.63. The number of hydrogen-bond acceptors (Lipinski definition) is 4. The molecule has 6 nitrogen and oxygen atoms in total. The van der Waals surface area contributed by atoms with Gasteiger partial charge in [0.2, 0.25) is 0 Å². The predicted molar refractivity (Wildman–Crippen MR) is 95.3 cm³/mol. The van der Waals surface area contributed by atoms with Crippen molar-refractivity contribution < 1.29 is 19.4 Å². The van der Waals surface area contributed by atoms with Crippen LogP contribution in [0.5, 0.6) is 5.75 Å². The van der Waals surface area contributed by atoms with Crippen molar-refractivity contribution in [1.82, 2.24) is 5.43 Å². The van der Waals surface area contributed by atoms with Gasteiger partial charge in [-0.2, -0.15) is 5.10 Å². The standard InChI is InChI=1S/C19H20N2O4/c1-12-8-9-13(2)18(14(12)3)25-11-17(22)21-20-10-15-6-4-5-7-16(15)19(23)24/h4-10H,11H2,1-3H3,(H,21,22)(H,23,24)/b20-10+. The lowest BCUT2D eigenvalue weighted by Gasteiger charge is -2.13. The summed E-state index contributed by atoms with van der Waals surface area (Å²) in [5.41, 5.74) is 5.88. The van der Waals surface area contributed by atoms with Crippen molar-refractivity contribution in [2.45, 2.75) is 20.8 Å². The van der Waals surface area contributed by atoms with Crippen molar-refractivity contribution >= 4 is 18.1 Å². The lowest BCUT2D eigenvalue weighted by Crippen LogP contribution is -2.25. The summed E-state index contributed by atoms with van der Waals surface area (Å²) in [4.78, 5) is 23.0. The molecule has 0 aliphatic rings. The molecule has 0 atom stereocenters. The van der Waals surface area contributed by atoms with Crippen LogP contribution in [-0.2, 0) is 4.79 Å². The maximum absolute atomic E-state index is 11.9. The quantitative estimate of drug-likeness (QED) is 0.625. The Kier molecular flexibility index (Phi) is 5.89. The monoisotopic (exact) mass is 340 g/mol. The van der Waals surface area contributed by atoms with E-state index >= 15 is 0 Å². The van der Waals surface area contributed by atoms with Crippen molar-refractivity contribution in [2.75, 3.05) is 6.61 Å². The van der Waals surface area contributed by atoms with E-state index in [9.17, 15) is 9.59 Å². The van der Waals surface area contributed by atoms with Gasteiger partial charge in [0.1, 0.15) is 5.75 Å². The largest absolute Gasteiger partial charge is 0.483 e. The number of carboxylic acids is 1. The predicted octanol–water partition coefficient (Wildman–Crippen LogP) is 2.84. The molecular formula is C19H20N2O4. The Morgan fingerprint density at radius 3 is 2.52 bits per heavy atom. The number of hydrazone groups is 1. The Labute approximate surface area is 146 Å². The molecule has 0 radical (unpaired) electrons. The van der Waals surface area contributed by atoms with Crippen molar-refractivity contribution in [2.24, 2.45) is 5.10 Å². The topological polar surface area (TPSA) is 88.0 Å². The average Bonchev–Trinajstić information content (AvgIpc) is 2.58. The number of amides is 1. The first-order valence-electron chi connectivity index (χ1n) is 7.74. The molecule has 0 saturated heterocycles. The van der Waals surface area contributed by atoms with Gasteiger partial charge in [0.05, 0.1) is 11.8 Å². The maximum Gasteiger partial charge on any atom is 0.336 e. The smallest absolute Gasteiger partial charge is 0.336 e. The minimum Gasteiger partial charge on any atom is -0.483 e.